The lowest BCUT2D eigenvalue weighted by Gasteiger charge is -2.45. The normalized spacial score (nSPS) is 17.9. The number of hydrogen-bond acceptors (Lipinski definition) is 5. The molecule has 1 heterocycles. The van der Waals surface area contributed by atoms with E-state index in [2.05, 4.69) is 47.9 Å². The van der Waals surface area contributed by atoms with Crippen LogP contribution in [0.1, 0.15) is 29.8 Å². The summed E-state index contributed by atoms with van der Waals surface area (Å²) < 4.78 is 4.99. The van der Waals surface area contributed by atoms with Crippen molar-refractivity contribution in [2.45, 2.75) is 26.4 Å². The minimum Gasteiger partial charge on any atom is -0.465 e. The molecule has 1 aliphatic rings. The van der Waals surface area contributed by atoms with Crippen LogP contribution in [0.4, 0.5) is 11.4 Å². The van der Waals surface area contributed by atoms with Gasteiger partial charge in [-0.25, -0.2) is 4.79 Å². The van der Waals surface area contributed by atoms with E-state index in [1.54, 1.807) is 6.07 Å². The monoisotopic (exact) mass is 367 g/mol. The molecule has 3 rings (SSSR count). The zero-order valence-electron chi connectivity index (χ0n) is 16.4. The molecule has 1 atom stereocenters. The van der Waals surface area contributed by atoms with E-state index in [1.165, 1.54) is 12.7 Å². The van der Waals surface area contributed by atoms with E-state index in [4.69, 9.17) is 10.5 Å². The Hall–Kier alpha value is -2.53. The summed E-state index contributed by atoms with van der Waals surface area (Å²) in [5, 5.41) is 0. The predicted molar refractivity (Wildman–Crippen MR) is 110 cm³/mol. The van der Waals surface area contributed by atoms with Crippen molar-refractivity contribution < 1.29 is 9.53 Å². The first-order chi connectivity index (χ1) is 13.0. The van der Waals surface area contributed by atoms with Gasteiger partial charge in [0.25, 0.3) is 0 Å². The third-order valence-corrected chi connectivity index (χ3v) is 5.26. The molecular weight excluding hydrogens is 338 g/mol. The smallest absolute Gasteiger partial charge is 0.340 e. The Morgan fingerprint density at radius 2 is 1.93 bits per heavy atom. The van der Waals surface area contributed by atoms with Gasteiger partial charge >= 0.3 is 5.97 Å². The molecule has 1 unspecified atom stereocenters. The maximum atomic E-state index is 12.3. The summed E-state index contributed by atoms with van der Waals surface area (Å²) in [6.45, 7) is 8.19. The van der Waals surface area contributed by atoms with Crippen molar-refractivity contribution in [1.29, 1.82) is 0 Å². The van der Waals surface area contributed by atoms with Crippen LogP contribution in [-0.4, -0.2) is 43.7 Å². The predicted octanol–water partition coefficient (Wildman–Crippen LogP) is 3.40. The van der Waals surface area contributed by atoms with Crippen molar-refractivity contribution in [3.05, 3.63) is 59.7 Å². The second-order valence-electron chi connectivity index (χ2n) is 7.49. The Labute approximate surface area is 161 Å². The molecule has 2 aromatic carbocycles. The van der Waals surface area contributed by atoms with E-state index < -0.39 is 0 Å². The number of anilines is 2. The van der Waals surface area contributed by atoms with Gasteiger partial charge in [0.2, 0.25) is 0 Å². The lowest BCUT2D eigenvalue weighted by Crippen LogP contribution is -2.55. The summed E-state index contributed by atoms with van der Waals surface area (Å²) in [6.07, 6.45) is 0. The fourth-order valence-corrected chi connectivity index (χ4v) is 3.80. The SMILES string of the molecule is COC(=O)c1cc(N)ccc1N1CCN(Cc2ccccc2)CC1C(C)C. The third kappa shape index (κ3) is 4.42. The fraction of sp³-hybridized carbons (Fsp3) is 0.409. The van der Waals surface area contributed by atoms with Crippen molar-refractivity contribution in [3.8, 4) is 0 Å². The van der Waals surface area contributed by atoms with Crippen LogP contribution in [0, 0.1) is 5.92 Å². The number of esters is 1. The summed E-state index contributed by atoms with van der Waals surface area (Å²) in [5.74, 6) is 0.109. The first-order valence-corrected chi connectivity index (χ1v) is 9.50. The summed E-state index contributed by atoms with van der Waals surface area (Å²) >= 11 is 0. The van der Waals surface area contributed by atoms with Crippen LogP contribution in [0.3, 0.4) is 0 Å². The molecule has 1 saturated heterocycles. The molecule has 2 N–H and O–H groups in total. The van der Waals surface area contributed by atoms with Crippen LogP contribution in [0.2, 0.25) is 0 Å². The summed E-state index contributed by atoms with van der Waals surface area (Å²) in [6, 6.07) is 16.4. The highest BCUT2D eigenvalue weighted by Crippen LogP contribution is 2.30. The molecule has 2 aromatic rings. The molecule has 0 aliphatic carbocycles. The average Bonchev–Trinajstić information content (AvgIpc) is 2.68. The molecule has 0 saturated carbocycles. The minimum absolute atomic E-state index is 0.314. The maximum Gasteiger partial charge on any atom is 0.340 e. The number of carbonyl (C=O) groups is 1. The molecule has 0 amide bonds. The van der Waals surface area contributed by atoms with Crippen LogP contribution >= 0.6 is 0 Å². The van der Waals surface area contributed by atoms with Gasteiger partial charge in [0.1, 0.15) is 0 Å². The van der Waals surface area contributed by atoms with Crippen LogP contribution < -0.4 is 10.6 Å². The van der Waals surface area contributed by atoms with E-state index in [0.717, 1.165) is 31.9 Å². The average molecular weight is 367 g/mol. The highest BCUT2D eigenvalue weighted by molar-refractivity contribution is 5.97. The molecule has 5 nitrogen and oxygen atoms in total. The van der Waals surface area contributed by atoms with Gasteiger partial charge in [-0.05, 0) is 29.7 Å². The standard InChI is InChI=1S/C22H29N3O2/c1-16(2)21-15-24(14-17-7-5-4-6-8-17)11-12-25(21)20-10-9-18(23)13-19(20)22(26)27-3/h4-10,13,16,21H,11-12,14-15,23H2,1-3H3. The number of rotatable bonds is 5. The van der Waals surface area contributed by atoms with Crippen molar-refractivity contribution in [3.63, 3.8) is 0 Å². The van der Waals surface area contributed by atoms with E-state index in [9.17, 15) is 4.79 Å². The van der Waals surface area contributed by atoms with Gasteiger partial charge < -0.3 is 15.4 Å². The van der Waals surface area contributed by atoms with Gasteiger partial charge in [-0.1, -0.05) is 44.2 Å². The molecule has 5 heteroatoms. The molecule has 0 radical (unpaired) electrons. The quantitative estimate of drug-likeness (QED) is 0.648. The molecule has 144 valence electrons. The highest BCUT2D eigenvalue weighted by Gasteiger charge is 2.31. The lowest BCUT2D eigenvalue weighted by molar-refractivity contribution is 0.0601. The molecule has 0 aromatic heterocycles. The molecule has 1 aliphatic heterocycles. The number of carbonyl (C=O) groups excluding carboxylic acids is 1. The van der Waals surface area contributed by atoms with Crippen molar-refractivity contribution in [1.82, 2.24) is 4.90 Å². The van der Waals surface area contributed by atoms with Crippen molar-refractivity contribution in [2.75, 3.05) is 37.4 Å². The zero-order chi connectivity index (χ0) is 19.4. The number of nitrogen functional groups attached to an aromatic ring is 1. The van der Waals surface area contributed by atoms with Crippen LogP contribution in [0.15, 0.2) is 48.5 Å². The first kappa shape index (κ1) is 19.2. The summed E-state index contributed by atoms with van der Waals surface area (Å²) in [4.78, 5) is 17.1. The molecule has 0 spiro atoms. The highest BCUT2D eigenvalue weighted by atomic mass is 16.5. The number of nitrogens with zero attached hydrogens (tertiary/aromatic N) is 2. The van der Waals surface area contributed by atoms with E-state index in [0.29, 0.717) is 23.2 Å². The Morgan fingerprint density at radius 1 is 1.19 bits per heavy atom. The number of benzene rings is 2. The third-order valence-electron chi connectivity index (χ3n) is 5.26. The molecule has 0 bridgehead atoms. The Kier molecular flexibility index (Phi) is 6.01. The van der Waals surface area contributed by atoms with E-state index in [-0.39, 0.29) is 5.97 Å². The largest absolute Gasteiger partial charge is 0.465 e. The van der Waals surface area contributed by atoms with Crippen LogP contribution in [-0.2, 0) is 11.3 Å². The van der Waals surface area contributed by atoms with Crippen molar-refractivity contribution >= 4 is 17.3 Å². The summed E-state index contributed by atoms with van der Waals surface area (Å²) in [5.41, 5.74) is 9.27. The van der Waals surface area contributed by atoms with E-state index >= 15 is 0 Å². The van der Waals surface area contributed by atoms with Gasteiger partial charge in [0, 0.05) is 37.9 Å². The topological polar surface area (TPSA) is 58.8 Å². The second-order valence-corrected chi connectivity index (χ2v) is 7.49. The minimum atomic E-state index is -0.341. The Bertz CT molecular complexity index is 776. The first-order valence-electron chi connectivity index (χ1n) is 9.50. The Balaban J connectivity index is 1.84. The molecule has 1 fully saturated rings. The molecule has 27 heavy (non-hydrogen) atoms. The number of ether oxygens (including phenoxy) is 1. The van der Waals surface area contributed by atoms with Gasteiger partial charge in [-0.15, -0.1) is 0 Å². The van der Waals surface area contributed by atoms with Gasteiger partial charge in [-0.3, -0.25) is 4.90 Å². The van der Waals surface area contributed by atoms with E-state index in [1.807, 2.05) is 18.2 Å². The summed E-state index contributed by atoms with van der Waals surface area (Å²) in [7, 11) is 1.41. The lowest BCUT2D eigenvalue weighted by atomic mass is 9.97. The van der Waals surface area contributed by atoms with Gasteiger partial charge in [0.05, 0.1) is 18.4 Å². The van der Waals surface area contributed by atoms with Crippen LogP contribution in [0.5, 0.6) is 0 Å². The van der Waals surface area contributed by atoms with Gasteiger partial charge in [-0.2, -0.15) is 0 Å². The zero-order valence-corrected chi connectivity index (χ0v) is 16.4. The number of nitrogens with two attached hydrogens (primary N) is 1. The molecular formula is C22H29N3O2. The fourth-order valence-electron chi connectivity index (χ4n) is 3.80. The maximum absolute atomic E-state index is 12.3. The number of methoxy groups -OCH3 is 1. The van der Waals surface area contributed by atoms with Gasteiger partial charge in [0.15, 0.2) is 0 Å². The van der Waals surface area contributed by atoms with Crippen LogP contribution in [0.25, 0.3) is 0 Å². The number of piperazine rings is 1. The Morgan fingerprint density at radius 3 is 2.59 bits per heavy atom. The second kappa shape index (κ2) is 8.44. The van der Waals surface area contributed by atoms with Crippen molar-refractivity contribution in [2.24, 2.45) is 5.92 Å². The number of hydrogen-bond donors (Lipinski definition) is 1.